The fourth-order valence-corrected chi connectivity index (χ4v) is 3.03. The van der Waals surface area contributed by atoms with Crippen molar-refractivity contribution in [1.29, 1.82) is 0 Å². The van der Waals surface area contributed by atoms with Crippen LogP contribution < -0.4 is 10.1 Å². The maximum absolute atomic E-state index is 12.6. The highest BCUT2D eigenvalue weighted by atomic mass is 35.5. The monoisotopic (exact) mass is 320 g/mol. The van der Waals surface area contributed by atoms with Crippen molar-refractivity contribution in [3.63, 3.8) is 0 Å². The molecule has 1 amide bonds. The minimum atomic E-state index is -0.0516. The number of halogens is 1. The molecular weight excluding hydrogens is 300 g/mol. The minimum Gasteiger partial charge on any atom is -0.486 e. The number of benzene rings is 1. The molecule has 0 fully saturated rings. The van der Waals surface area contributed by atoms with Crippen LogP contribution in [0.2, 0.25) is 5.02 Å². The van der Waals surface area contributed by atoms with Gasteiger partial charge in [-0.05, 0) is 38.0 Å². The van der Waals surface area contributed by atoms with Gasteiger partial charge in [-0.15, -0.1) is 0 Å². The fraction of sp³-hybridized carbons (Fsp3) is 0.471. The Morgan fingerprint density at radius 3 is 2.95 bits per heavy atom. The summed E-state index contributed by atoms with van der Waals surface area (Å²) >= 11 is 6.30. The van der Waals surface area contributed by atoms with Crippen LogP contribution in [0.25, 0.3) is 10.9 Å². The first kappa shape index (κ1) is 15.2. The summed E-state index contributed by atoms with van der Waals surface area (Å²) in [6.07, 6.45) is 1.88. The van der Waals surface area contributed by atoms with E-state index in [-0.39, 0.29) is 18.1 Å². The van der Waals surface area contributed by atoms with Crippen LogP contribution in [0.15, 0.2) is 18.2 Å². The van der Waals surface area contributed by atoms with Crippen LogP contribution in [0.5, 0.6) is 5.75 Å². The quantitative estimate of drug-likeness (QED) is 0.925. The maximum atomic E-state index is 12.6. The summed E-state index contributed by atoms with van der Waals surface area (Å²) in [4.78, 5) is 12.6. The molecule has 1 aliphatic rings. The second-order valence-corrected chi connectivity index (χ2v) is 6.29. The molecule has 4 nitrogen and oxygen atoms in total. The van der Waals surface area contributed by atoms with E-state index in [9.17, 15) is 4.79 Å². The van der Waals surface area contributed by atoms with Crippen molar-refractivity contribution in [3.8, 4) is 5.75 Å². The number of hydrogen-bond acceptors (Lipinski definition) is 2. The number of hydrogen-bond donors (Lipinski definition) is 1. The number of aromatic nitrogens is 1. The summed E-state index contributed by atoms with van der Waals surface area (Å²) in [6.45, 7) is 6.83. The smallest absolute Gasteiger partial charge is 0.268 e. The lowest BCUT2D eigenvalue weighted by Gasteiger charge is -2.26. The second-order valence-electron chi connectivity index (χ2n) is 5.88. The average molecular weight is 321 g/mol. The predicted molar refractivity (Wildman–Crippen MR) is 88.9 cm³/mol. The first-order chi connectivity index (χ1) is 10.5. The largest absolute Gasteiger partial charge is 0.486 e. The summed E-state index contributed by atoms with van der Waals surface area (Å²) in [6, 6.07) is 5.74. The van der Waals surface area contributed by atoms with Gasteiger partial charge in [0.05, 0.1) is 17.1 Å². The van der Waals surface area contributed by atoms with Crippen molar-refractivity contribution in [1.82, 2.24) is 9.88 Å². The molecule has 1 N–H and O–H groups in total. The topological polar surface area (TPSA) is 43.3 Å². The van der Waals surface area contributed by atoms with Gasteiger partial charge in [-0.1, -0.05) is 25.4 Å². The first-order valence-corrected chi connectivity index (χ1v) is 8.22. The molecule has 2 heterocycles. The highest BCUT2D eigenvalue weighted by molar-refractivity contribution is 6.36. The van der Waals surface area contributed by atoms with Crippen LogP contribution in [0.4, 0.5) is 0 Å². The van der Waals surface area contributed by atoms with Gasteiger partial charge >= 0.3 is 0 Å². The molecular formula is C17H21ClN2O2. The van der Waals surface area contributed by atoms with E-state index in [0.717, 1.165) is 29.5 Å². The van der Waals surface area contributed by atoms with Crippen molar-refractivity contribution in [2.75, 3.05) is 0 Å². The Balaban J connectivity index is 2.11. The zero-order chi connectivity index (χ0) is 15.9. The van der Waals surface area contributed by atoms with Crippen LogP contribution >= 0.6 is 11.6 Å². The van der Waals surface area contributed by atoms with Gasteiger partial charge in [0.1, 0.15) is 17.5 Å². The van der Waals surface area contributed by atoms with E-state index in [2.05, 4.69) is 19.2 Å². The van der Waals surface area contributed by atoms with Crippen LogP contribution in [0.3, 0.4) is 0 Å². The molecule has 2 aromatic rings. The van der Waals surface area contributed by atoms with E-state index >= 15 is 0 Å². The first-order valence-electron chi connectivity index (χ1n) is 7.84. The standard InChI is InChI=1S/C17H21ClN2O2/c1-4-10(3)19-17(21)14-8-12-13(18)6-7-15-16(12)20(14)9-11(5-2)22-15/h6-8,10-11H,4-5,9H2,1-3H3,(H,19,21). The van der Waals surface area contributed by atoms with Gasteiger partial charge in [-0.2, -0.15) is 0 Å². The summed E-state index contributed by atoms with van der Waals surface area (Å²) in [5.41, 5.74) is 1.58. The van der Waals surface area contributed by atoms with Crippen LogP contribution in [0.1, 0.15) is 44.1 Å². The Hall–Kier alpha value is -1.68. The lowest BCUT2D eigenvalue weighted by molar-refractivity contribution is 0.0923. The third-order valence-electron chi connectivity index (χ3n) is 4.33. The van der Waals surface area contributed by atoms with E-state index in [1.807, 2.05) is 29.7 Å². The van der Waals surface area contributed by atoms with Crippen molar-refractivity contribution < 1.29 is 9.53 Å². The molecule has 5 heteroatoms. The number of ether oxygens (including phenoxy) is 1. The molecule has 1 aromatic heterocycles. The molecule has 0 spiro atoms. The summed E-state index contributed by atoms with van der Waals surface area (Å²) < 4.78 is 8.04. The van der Waals surface area contributed by atoms with E-state index in [1.54, 1.807) is 0 Å². The van der Waals surface area contributed by atoms with Crippen LogP contribution in [0, 0.1) is 0 Å². The number of amides is 1. The third kappa shape index (κ3) is 2.45. The van der Waals surface area contributed by atoms with Crippen molar-refractivity contribution in [2.24, 2.45) is 0 Å². The van der Waals surface area contributed by atoms with Gasteiger partial charge in [0.15, 0.2) is 0 Å². The molecule has 0 aliphatic carbocycles. The molecule has 2 atom stereocenters. The highest BCUT2D eigenvalue weighted by Crippen LogP contribution is 2.38. The lowest BCUT2D eigenvalue weighted by atomic mass is 10.2. The van der Waals surface area contributed by atoms with Gasteiger partial charge in [0.2, 0.25) is 0 Å². The number of carbonyl (C=O) groups excluding carboxylic acids is 1. The highest BCUT2D eigenvalue weighted by Gasteiger charge is 2.27. The van der Waals surface area contributed by atoms with E-state index in [0.29, 0.717) is 17.3 Å². The number of carbonyl (C=O) groups is 1. The predicted octanol–water partition coefficient (Wildman–Crippen LogP) is 3.99. The molecule has 0 bridgehead atoms. The van der Waals surface area contributed by atoms with Crippen LogP contribution in [-0.4, -0.2) is 22.6 Å². The fourth-order valence-electron chi connectivity index (χ4n) is 2.82. The van der Waals surface area contributed by atoms with Crippen LogP contribution in [-0.2, 0) is 6.54 Å². The number of rotatable bonds is 4. The van der Waals surface area contributed by atoms with E-state index in [1.165, 1.54) is 0 Å². The van der Waals surface area contributed by atoms with Gasteiger partial charge in [0, 0.05) is 11.4 Å². The van der Waals surface area contributed by atoms with Gasteiger partial charge in [-0.3, -0.25) is 4.79 Å². The summed E-state index contributed by atoms with van der Waals surface area (Å²) in [7, 11) is 0. The zero-order valence-corrected chi connectivity index (χ0v) is 13.9. The normalized spacial score (nSPS) is 18.1. The van der Waals surface area contributed by atoms with Crippen molar-refractivity contribution >= 4 is 28.4 Å². The molecule has 3 rings (SSSR count). The maximum Gasteiger partial charge on any atom is 0.268 e. The molecule has 1 aliphatic heterocycles. The molecule has 118 valence electrons. The van der Waals surface area contributed by atoms with Gasteiger partial charge in [-0.25, -0.2) is 0 Å². The van der Waals surface area contributed by atoms with Gasteiger partial charge in [0.25, 0.3) is 5.91 Å². The number of nitrogens with zero attached hydrogens (tertiary/aromatic N) is 1. The SMILES string of the molecule is CCC(C)NC(=O)c1cc2c(Cl)ccc3c2n1CC(CC)O3. The average Bonchev–Trinajstić information content (AvgIpc) is 2.91. The third-order valence-corrected chi connectivity index (χ3v) is 4.66. The Morgan fingerprint density at radius 1 is 1.50 bits per heavy atom. The molecule has 1 aromatic carbocycles. The molecule has 0 radical (unpaired) electrons. The zero-order valence-electron chi connectivity index (χ0n) is 13.1. The molecule has 22 heavy (non-hydrogen) atoms. The summed E-state index contributed by atoms with van der Waals surface area (Å²) in [5.74, 6) is 0.754. The Morgan fingerprint density at radius 2 is 2.27 bits per heavy atom. The molecule has 0 saturated carbocycles. The minimum absolute atomic E-state index is 0.0516. The van der Waals surface area contributed by atoms with E-state index in [4.69, 9.17) is 16.3 Å². The molecule has 2 unspecified atom stereocenters. The van der Waals surface area contributed by atoms with Crippen molar-refractivity contribution in [3.05, 3.63) is 28.9 Å². The number of nitrogens with one attached hydrogen (secondary N) is 1. The van der Waals surface area contributed by atoms with Crippen molar-refractivity contribution in [2.45, 2.75) is 52.3 Å². The Kier molecular flexibility index (Phi) is 4.04. The summed E-state index contributed by atoms with van der Waals surface area (Å²) in [5, 5.41) is 4.56. The second kappa shape index (κ2) is 5.84. The Labute approximate surface area is 135 Å². The Bertz CT molecular complexity index is 723. The van der Waals surface area contributed by atoms with Gasteiger partial charge < -0.3 is 14.6 Å². The molecule has 0 saturated heterocycles. The lowest BCUT2D eigenvalue weighted by Crippen LogP contribution is -2.35. The van der Waals surface area contributed by atoms with E-state index < -0.39 is 0 Å².